The van der Waals surface area contributed by atoms with Gasteiger partial charge in [0.15, 0.2) is 0 Å². The van der Waals surface area contributed by atoms with Crippen LogP contribution in [0.5, 0.6) is 0 Å². The molecular weight excluding hydrogens is 360 g/mol. The number of carbonyl (C=O) groups excluding carboxylic acids is 1. The second-order valence-electron chi connectivity index (χ2n) is 8.79. The minimum absolute atomic E-state index is 0.0155. The quantitative estimate of drug-likeness (QED) is 0.136. The van der Waals surface area contributed by atoms with E-state index in [1.807, 2.05) is 0 Å². The first kappa shape index (κ1) is 28.4. The van der Waals surface area contributed by atoms with Crippen LogP contribution in [0.4, 0.5) is 0 Å². The van der Waals surface area contributed by atoms with Crippen molar-refractivity contribution >= 4 is 5.97 Å². The summed E-state index contributed by atoms with van der Waals surface area (Å²) in [5, 5.41) is 8.74. The maximum Gasteiger partial charge on any atom is 0.306 e. The molecule has 174 valence electrons. The van der Waals surface area contributed by atoms with E-state index in [-0.39, 0.29) is 12.1 Å². The fraction of sp³-hybridized carbons (Fsp3) is 0.962. The number of ether oxygens (including phenoxy) is 1. The van der Waals surface area contributed by atoms with Crippen molar-refractivity contribution in [1.29, 1.82) is 0 Å². The fourth-order valence-corrected chi connectivity index (χ4v) is 3.89. The highest BCUT2D eigenvalue weighted by Gasteiger charge is 2.11. The van der Waals surface area contributed by atoms with E-state index < -0.39 is 0 Å². The minimum Gasteiger partial charge on any atom is -0.462 e. The fourth-order valence-electron chi connectivity index (χ4n) is 3.89. The summed E-state index contributed by atoms with van der Waals surface area (Å²) < 4.78 is 5.62. The van der Waals surface area contributed by atoms with Crippen LogP contribution < -0.4 is 0 Å². The molecule has 1 unspecified atom stereocenters. The van der Waals surface area contributed by atoms with Crippen molar-refractivity contribution in [1.82, 2.24) is 0 Å². The molecule has 1 atom stereocenters. The monoisotopic (exact) mass is 412 g/mol. The van der Waals surface area contributed by atoms with Gasteiger partial charge in [0, 0.05) is 13.0 Å². The highest BCUT2D eigenvalue weighted by atomic mass is 16.5. The van der Waals surface area contributed by atoms with Crippen LogP contribution in [-0.2, 0) is 9.53 Å². The Bertz CT molecular complexity index is 330. The summed E-state index contributed by atoms with van der Waals surface area (Å²) in [5.74, 6) is 0.0155. The van der Waals surface area contributed by atoms with Crippen LogP contribution in [0.1, 0.15) is 149 Å². The molecule has 3 nitrogen and oxygen atoms in total. The summed E-state index contributed by atoms with van der Waals surface area (Å²) >= 11 is 0. The number of carbonyl (C=O) groups is 1. The number of rotatable bonds is 23. The summed E-state index contributed by atoms with van der Waals surface area (Å²) in [7, 11) is 0. The number of aliphatic hydroxyl groups is 1. The van der Waals surface area contributed by atoms with Crippen LogP contribution in [0, 0.1) is 0 Å². The average Bonchev–Trinajstić information content (AvgIpc) is 2.72. The van der Waals surface area contributed by atoms with E-state index in [4.69, 9.17) is 9.84 Å². The van der Waals surface area contributed by atoms with Gasteiger partial charge in [0.2, 0.25) is 0 Å². The highest BCUT2D eigenvalue weighted by Crippen LogP contribution is 2.15. The zero-order valence-corrected chi connectivity index (χ0v) is 19.9. The molecule has 0 heterocycles. The molecule has 3 heteroatoms. The lowest BCUT2D eigenvalue weighted by atomic mass is 10.0. The molecular formula is C26H52O3. The predicted octanol–water partition coefficient (Wildman–Crippen LogP) is 8.12. The normalized spacial score (nSPS) is 12.2. The molecule has 0 amide bonds. The Balaban J connectivity index is 3.29. The number of hydrogen-bond acceptors (Lipinski definition) is 3. The Kier molecular flexibility index (Phi) is 23.2. The summed E-state index contributed by atoms with van der Waals surface area (Å²) in [6.07, 6.45) is 25.5. The van der Waals surface area contributed by atoms with Gasteiger partial charge in [-0.15, -0.1) is 0 Å². The Morgan fingerprint density at radius 3 is 1.52 bits per heavy atom. The molecule has 1 N–H and O–H groups in total. The standard InChI is InChI=1S/C26H52O3/c1-3-5-19-22-25(4-2)29-26(28)23-20-17-15-13-11-9-7-6-8-10-12-14-16-18-21-24-27/h25,27H,3-24H2,1-2H3. The smallest absolute Gasteiger partial charge is 0.306 e. The van der Waals surface area contributed by atoms with Crippen molar-refractivity contribution in [2.24, 2.45) is 0 Å². The Labute approximate surface area is 182 Å². The Morgan fingerprint density at radius 1 is 0.655 bits per heavy atom. The molecule has 0 saturated carbocycles. The van der Waals surface area contributed by atoms with E-state index in [2.05, 4.69) is 13.8 Å². The molecule has 0 aliphatic rings. The van der Waals surface area contributed by atoms with E-state index in [1.165, 1.54) is 96.3 Å². The molecule has 29 heavy (non-hydrogen) atoms. The molecule has 0 radical (unpaired) electrons. The third-order valence-corrected chi connectivity index (χ3v) is 5.92. The second-order valence-corrected chi connectivity index (χ2v) is 8.79. The van der Waals surface area contributed by atoms with Crippen molar-refractivity contribution in [3.63, 3.8) is 0 Å². The van der Waals surface area contributed by atoms with Crippen LogP contribution in [0.25, 0.3) is 0 Å². The molecule has 0 aliphatic carbocycles. The average molecular weight is 413 g/mol. The predicted molar refractivity (Wildman–Crippen MR) is 125 cm³/mol. The number of esters is 1. The lowest BCUT2D eigenvalue weighted by Gasteiger charge is -2.16. The summed E-state index contributed by atoms with van der Waals surface area (Å²) in [5.41, 5.74) is 0. The first-order valence-electron chi connectivity index (χ1n) is 13.0. The van der Waals surface area contributed by atoms with Gasteiger partial charge in [0.05, 0.1) is 0 Å². The van der Waals surface area contributed by atoms with Gasteiger partial charge in [0.25, 0.3) is 0 Å². The maximum atomic E-state index is 12.0. The van der Waals surface area contributed by atoms with Crippen molar-refractivity contribution in [3.8, 4) is 0 Å². The molecule has 0 fully saturated rings. The van der Waals surface area contributed by atoms with Gasteiger partial charge >= 0.3 is 5.97 Å². The molecule has 0 aliphatic heterocycles. The first-order valence-corrected chi connectivity index (χ1v) is 13.0. The lowest BCUT2D eigenvalue weighted by Crippen LogP contribution is -2.17. The van der Waals surface area contributed by atoms with E-state index in [1.54, 1.807) is 0 Å². The van der Waals surface area contributed by atoms with Crippen molar-refractivity contribution in [2.45, 2.75) is 155 Å². The Morgan fingerprint density at radius 2 is 1.10 bits per heavy atom. The molecule has 0 saturated heterocycles. The molecule has 0 bridgehead atoms. The van der Waals surface area contributed by atoms with Crippen molar-refractivity contribution < 1.29 is 14.6 Å². The van der Waals surface area contributed by atoms with Gasteiger partial charge in [-0.05, 0) is 32.1 Å². The summed E-state index contributed by atoms with van der Waals surface area (Å²) in [4.78, 5) is 12.0. The largest absolute Gasteiger partial charge is 0.462 e. The second kappa shape index (κ2) is 23.7. The Hall–Kier alpha value is -0.570. The summed E-state index contributed by atoms with van der Waals surface area (Å²) in [6, 6.07) is 0. The van der Waals surface area contributed by atoms with Crippen molar-refractivity contribution in [3.05, 3.63) is 0 Å². The van der Waals surface area contributed by atoms with Crippen molar-refractivity contribution in [2.75, 3.05) is 6.61 Å². The molecule has 0 spiro atoms. The van der Waals surface area contributed by atoms with E-state index in [9.17, 15) is 4.79 Å². The number of aliphatic hydroxyl groups excluding tert-OH is 1. The molecule has 0 aromatic rings. The van der Waals surface area contributed by atoms with Crippen LogP contribution in [0.3, 0.4) is 0 Å². The molecule has 0 aromatic carbocycles. The van der Waals surface area contributed by atoms with E-state index in [0.717, 1.165) is 32.1 Å². The van der Waals surface area contributed by atoms with Crippen LogP contribution >= 0.6 is 0 Å². The maximum absolute atomic E-state index is 12.0. The van der Waals surface area contributed by atoms with Gasteiger partial charge in [-0.1, -0.05) is 110 Å². The number of unbranched alkanes of at least 4 members (excludes halogenated alkanes) is 16. The van der Waals surface area contributed by atoms with Crippen LogP contribution in [0.15, 0.2) is 0 Å². The zero-order chi connectivity index (χ0) is 21.4. The lowest BCUT2D eigenvalue weighted by molar-refractivity contribution is -0.149. The van der Waals surface area contributed by atoms with Crippen LogP contribution in [-0.4, -0.2) is 23.8 Å². The SMILES string of the molecule is CCCCCC(CC)OC(=O)CCCCCCCCCCCCCCCCCO. The third kappa shape index (κ3) is 21.9. The molecule has 0 rings (SSSR count). The van der Waals surface area contributed by atoms with Gasteiger partial charge in [-0.2, -0.15) is 0 Å². The number of hydrogen-bond donors (Lipinski definition) is 1. The third-order valence-electron chi connectivity index (χ3n) is 5.92. The minimum atomic E-state index is 0.0155. The van der Waals surface area contributed by atoms with E-state index in [0.29, 0.717) is 13.0 Å². The topological polar surface area (TPSA) is 46.5 Å². The summed E-state index contributed by atoms with van der Waals surface area (Å²) in [6.45, 7) is 4.67. The van der Waals surface area contributed by atoms with Gasteiger partial charge in [-0.3, -0.25) is 4.79 Å². The highest BCUT2D eigenvalue weighted by molar-refractivity contribution is 5.69. The van der Waals surface area contributed by atoms with Crippen LogP contribution in [0.2, 0.25) is 0 Å². The van der Waals surface area contributed by atoms with Gasteiger partial charge in [0.1, 0.15) is 6.10 Å². The molecule has 0 aromatic heterocycles. The first-order chi connectivity index (χ1) is 14.2. The zero-order valence-electron chi connectivity index (χ0n) is 19.9. The van der Waals surface area contributed by atoms with Gasteiger partial charge in [-0.25, -0.2) is 0 Å². The van der Waals surface area contributed by atoms with Gasteiger partial charge < -0.3 is 9.84 Å². The van der Waals surface area contributed by atoms with E-state index >= 15 is 0 Å².